The van der Waals surface area contributed by atoms with Gasteiger partial charge in [-0.2, -0.15) is 5.10 Å². The smallest absolute Gasteiger partial charge is 0.156 e. The number of oxime groups is 1. The van der Waals surface area contributed by atoms with Crippen LogP contribution >= 0.6 is 11.6 Å². The Hall–Kier alpha value is -1.27. The summed E-state index contributed by atoms with van der Waals surface area (Å²) in [5.41, 5.74) is 7.48. The third kappa shape index (κ3) is 3.39. The van der Waals surface area contributed by atoms with Gasteiger partial charge in [-0.05, 0) is 27.3 Å². The van der Waals surface area contributed by atoms with Crippen molar-refractivity contribution in [1.29, 1.82) is 0 Å². The van der Waals surface area contributed by atoms with Crippen molar-refractivity contribution >= 4 is 17.4 Å². The van der Waals surface area contributed by atoms with Crippen molar-refractivity contribution in [3.63, 3.8) is 0 Å². The molecule has 0 bridgehead atoms. The average Bonchev–Trinajstić information content (AvgIpc) is 2.73. The first-order valence-corrected chi connectivity index (χ1v) is 6.75. The van der Waals surface area contributed by atoms with Gasteiger partial charge in [0.2, 0.25) is 0 Å². The molecule has 1 rings (SSSR count). The Balaban J connectivity index is 2.96. The van der Waals surface area contributed by atoms with E-state index in [1.807, 2.05) is 37.4 Å². The second kappa shape index (κ2) is 6.77. The van der Waals surface area contributed by atoms with E-state index in [9.17, 15) is 0 Å². The molecule has 3 N–H and O–H groups in total. The first-order valence-electron chi connectivity index (χ1n) is 6.37. The Morgan fingerprint density at radius 1 is 1.58 bits per heavy atom. The molecular weight excluding hydrogens is 266 g/mol. The predicted molar refractivity (Wildman–Crippen MR) is 76.6 cm³/mol. The molecule has 0 amide bonds. The zero-order valence-corrected chi connectivity index (χ0v) is 12.6. The topological polar surface area (TPSA) is 79.7 Å². The maximum atomic E-state index is 8.71. The van der Waals surface area contributed by atoms with Crippen LogP contribution in [0.5, 0.6) is 0 Å². The van der Waals surface area contributed by atoms with E-state index >= 15 is 0 Å². The summed E-state index contributed by atoms with van der Waals surface area (Å²) in [4.78, 5) is 1.96. The van der Waals surface area contributed by atoms with E-state index in [0.717, 1.165) is 24.4 Å². The Morgan fingerprint density at radius 2 is 2.21 bits per heavy atom. The van der Waals surface area contributed by atoms with E-state index in [2.05, 4.69) is 10.3 Å². The highest BCUT2D eigenvalue weighted by molar-refractivity contribution is 6.31. The van der Waals surface area contributed by atoms with Crippen LogP contribution in [0.2, 0.25) is 5.02 Å². The zero-order valence-electron chi connectivity index (χ0n) is 11.9. The van der Waals surface area contributed by atoms with Crippen LogP contribution in [0.3, 0.4) is 0 Å². The summed E-state index contributed by atoms with van der Waals surface area (Å²) in [6, 6.07) is -0.175. The van der Waals surface area contributed by atoms with Crippen molar-refractivity contribution in [2.75, 3.05) is 7.05 Å². The fraction of sp³-hybridized carbons (Fsp3) is 0.667. The number of nitrogens with zero attached hydrogens (tertiary/aromatic N) is 4. The van der Waals surface area contributed by atoms with Crippen molar-refractivity contribution in [2.24, 2.45) is 10.9 Å². The fourth-order valence-electron chi connectivity index (χ4n) is 1.85. The van der Waals surface area contributed by atoms with Crippen LogP contribution in [-0.2, 0) is 19.5 Å². The molecule has 7 heteroatoms. The summed E-state index contributed by atoms with van der Waals surface area (Å²) in [6.45, 7) is 7.29. The molecule has 0 aromatic carbocycles. The lowest BCUT2D eigenvalue weighted by Crippen LogP contribution is -2.40. The van der Waals surface area contributed by atoms with Crippen LogP contribution in [0.1, 0.15) is 32.2 Å². The molecule has 1 heterocycles. The van der Waals surface area contributed by atoms with Crippen molar-refractivity contribution in [1.82, 2.24) is 14.7 Å². The van der Waals surface area contributed by atoms with Crippen molar-refractivity contribution in [2.45, 2.75) is 46.3 Å². The number of aromatic nitrogens is 2. The second-order valence-electron chi connectivity index (χ2n) is 4.49. The van der Waals surface area contributed by atoms with E-state index in [-0.39, 0.29) is 11.9 Å². The Bertz CT molecular complexity index is 457. The third-order valence-electron chi connectivity index (χ3n) is 3.30. The fourth-order valence-corrected chi connectivity index (χ4v) is 2.18. The molecule has 0 aliphatic carbocycles. The minimum absolute atomic E-state index is 0.175. The number of rotatable bonds is 6. The summed E-state index contributed by atoms with van der Waals surface area (Å²) in [7, 11) is 1.90. The van der Waals surface area contributed by atoms with Crippen LogP contribution in [0, 0.1) is 0 Å². The maximum absolute atomic E-state index is 8.71. The van der Waals surface area contributed by atoms with Crippen LogP contribution in [0.25, 0.3) is 0 Å². The molecule has 0 fully saturated rings. The van der Waals surface area contributed by atoms with Gasteiger partial charge in [0.05, 0.1) is 22.5 Å². The van der Waals surface area contributed by atoms with Gasteiger partial charge in [0, 0.05) is 13.1 Å². The molecule has 0 aliphatic heterocycles. The summed E-state index contributed by atoms with van der Waals surface area (Å²) < 4.78 is 1.90. The normalized spacial score (nSPS) is 14.1. The van der Waals surface area contributed by atoms with Crippen molar-refractivity contribution in [3.05, 3.63) is 16.4 Å². The minimum atomic E-state index is -0.175. The average molecular weight is 288 g/mol. The molecule has 1 aromatic rings. The molecule has 1 atom stereocenters. The van der Waals surface area contributed by atoms with E-state index in [1.165, 1.54) is 0 Å². The molecule has 1 aromatic heterocycles. The third-order valence-corrected chi connectivity index (χ3v) is 3.73. The molecule has 1 unspecified atom stereocenters. The number of halogens is 1. The highest BCUT2D eigenvalue weighted by Gasteiger charge is 2.20. The number of nitrogens with two attached hydrogens (primary N) is 1. The minimum Gasteiger partial charge on any atom is -0.409 e. The largest absolute Gasteiger partial charge is 0.409 e. The molecule has 6 nitrogen and oxygen atoms in total. The number of aryl methyl sites for hydroxylation is 2. The Morgan fingerprint density at radius 3 is 2.68 bits per heavy atom. The van der Waals surface area contributed by atoms with Gasteiger partial charge in [-0.1, -0.05) is 23.7 Å². The van der Waals surface area contributed by atoms with Gasteiger partial charge in [-0.3, -0.25) is 9.58 Å². The Labute approximate surface area is 118 Å². The van der Waals surface area contributed by atoms with E-state index in [1.54, 1.807) is 0 Å². The molecule has 0 saturated carbocycles. The summed E-state index contributed by atoms with van der Waals surface area (Å²) >= 11 is 6.35. The van der Waals surface area contributed by atoms with Crippen LogP contribution in [0.4, 0.5) is 0 Å². The first-order chi connectivity index (χ1) is 8.96. The lowest BCUT2D eigenvalue weighted by molar-refractivity contribution is 0.273. The molecule has 0 radical (unpaired) electrons. The molecule has 108 valence electrons. The van der Waals surface area contributed by atoms with Gasteiger partial charge in [0.1, 0.15) is 0 Å². The first kappa shape index (κ1) is 15.8. The predicted octanol–water partition coefficient (Wildman–Crippen LogP) is 1.69. The van der Waals surface area contributed by atoms with Gasteiger partial charge < -0.3 is 10.9 Å². The highest BCUT2D eigenvalue weighted by atomic mass is 35.5. The van der Waals surface area contributed by atoms with Gasteiger partial charge in [-0.25, -0.2) is 0 Å². The lowest BCUT2D eigenvalue weighted by Gasteiger charge is -2.23. The molecular formula is C12H22ClN5O. The summed E-state index contributed by atoms with van der Waals surface area (Å²) in [6.07, 6.45) is 0.804. The number of hydrogen-bond acceptors (Lipinski definition) is 4. The molecule has 0 aliphatic rings. The van der Waals surface area contributed by atoms with Gasteiger partial charge in [0.25, 0.3) is 0 Å². The Kier molecular flexibility index (Phi) is 5.62. The standard InChI is InChI=1S/C12H22ClN5O/c1-5-9-11(13)10(18(6-2)15-9)7-17(4)8(3)12(14)16-19/h8,19H,5-7H2,1-4H3,(H2,14,16). The quantitative estimate of drug-likeness (QED) is 0.361. The van der Waals surface area contributed by atoms with Crippen molar-refractivity contribution < 1.29 is 5.21 Å². The van der Waals surface area contributed by atoms with E-state index < -0.39 is 0 Å². The number of hydrogen-bond donors (Lipinski definition) is 2. The monoisotopic (exact) mass is 287 g/mol. The van der Waals surface area contributed by atoms with Gasteiger partial charge in [-0.15, -0.1) is 0 Å². The van der Waals surface area contributed by atoms with Gasteiger partial charge >= 0.3 is 0 Å². The number of amidine groups is 1. The summed E-state index contributed by atoms with van der Waals surface area (Å²) in [5, 5.41) is 16.9. The maximum Gasteiger partial charge on any atom is 0.156 e. The summed E-state index contributed by atoms with van der Waals surface area (Å²) in [5.74, 6) is 0.178. The SMILES string of the molecule is CCc1nn(CC)c(CN(C)C(C)C(N)=NO)c1Cl. The number of likely N-dealkylation sites (N-methyl/N-ethyl adjacent to an activating group) is 1. The van der Waals surface area contributed by atoms with Crippen LogP contribution < -0.4 is 5.73 Å². The van der Waals surface area contributed by atoms with Gasteiger partial charge in [0.15, 0.2) is 5.84 Å². The van der Waals surface area contributed by atoms with E-state index in [0.29, 0.717) is 11.6 Å². The highest BCUT2D eigenvalue weighted by Crippen LogP contribution is 2.23. The van der Waals surface area contributed by atoms with Crippen LogP contribution in [-0.4, -0.2) is 38.8 Å². The molecule has 0 spiro atoms. The molecule has 19 heavy (non-hydrogen) atoms. The van der Waals surface area contributed by atoms with Crippen molar-refractivity contribution in [3.8, 4) is 0 Å². The lowest BCUT2D eigenvalue weighted by atomic mass is 10.2. The van der Waals surface area contributed by atoms with E-state index in [4.69, 9.17) is 22.5 Å². The second-order valence-corrected chi connectivity index (χ2v) is 4.87. The zero-order chi connectivity index (χ0) is 14.6. The van der Waals surface area contributed by atoms with Crippen LogP contribution in [0.15, 0.2) is 5.16 Å². The molecule has 0 saturated heterocycles.